The molecule has 0 amide bonds. The van der Waals surface area contributed by atoms with Crippen LogP contribution in [0.15, 0.2) is 53.6 Å². The highest BCUT2D eigenvalue weighted by Crippen LogP contribution is 2.22. The first-order chi connectivity index (χ1) is 14.6. The minimum atomic E-state index is -2.87. The molecule has 1 aliphatic rings. The van der Waals surface area contributed by atoms with Gasteiger partial charge in [0.25, 0.3) is 0 Å². The van der Waals surface area contributed by atoms with Gasteiger partial charge in [-0.05, 0) is 54.2 Å². The number of rotatable bonds is 6. The Balaban J connectivity index is 1.51. The predicted molar refractivity (Wildman–Crippen MR) is 112 cm³/mol. The molecular formula is C20H19F2N5O2S. The molecule has 156 valence electrons. The zero-order chi connectivity index (χ0) is 20.9. The molecule has 0 bridgehead atoms. The molecule has 0 saturated carbocycles. The largest absolute Gasteiger partial charge is 0.435 e. The van der Waals surface area contributed by atoms with Crippen LogP contribution in [0.2, 0.25) is 0 Å². The van der Waals surface area contributed by atoms with Crippen molar-refractivity contribution in [1.82, 2.24) is 14.9 Å². The van der Waals surface area contributed by atoms with Crippen LogP contribution in [0, 0.1) is 4.77 Å². The van der Waals surface area contributed by atoms with E-state index in [1.807, 2.05) is 24.3 Å². The highest BCUT2D eigenvalue weighted by Gasteiger charge is 2.11. The van der Waals surface area contributed by atoms with Crippen molar-refractivity contribution in [3.05, 3.63) is 58.9 Å². The molecule has 2 heterocycles. The Morgan fingerprint density at radius 3 is 2.47 bits per heavy atom. The highest BCUT2D eigenvalue weighted by molar-refractivity contribution is 7.71. The number of ether oxygens (including phenoxy) is 2. The Morgan fingerprint density at radius 1 is 1.10 bits per heavy atom. The smallest absolute Gasteiger partial charge is 0.387 e. The van der Waals surface area contributed by atoms with Crippen molar-refractivity contribution >= 4 is 24.1 Å². The van der Waals surface area contributed by atoms with E-state index in [9.17, 15) is 8.78 Å². The van der Waals surface area contributed by atoms with Crippen molar-refractivity contribution < 1.29 is 18.3 Å². The minimum absolute atomic E-state index is 0.0679. The molecule has 4 rings (SSSR count). The number of benzene rings is 2. The first kappa shape index (κ1) is 20.2. The average molecular weight is 431 g/mol. The van der Waals surface area contributed by atoms with Crippen LogP contribution in [-0.2, 0) is 4.74 Å². The number of hydrogen-bond acceptors (Lipinski definition) is 6. The lowest BCUT2D eigenvalue weighted by molar-refractivity contribution is -0.0498. The number of aromatic nitrogens is 3. The summed E-state index contributed by atoms with van der Waals surface area (Å²) in [5, 5.41) is 11.3. The van der Waals surface area contributed by atoms with Gasteiger partial charge in [-0.3, -0.25) is 0 Å². The minimum Gasteiger partial charge on any atom is -0.435 e. The lowest BCUT2D eigenvalue weighted by Crippen LogP contribution is -2.36. The van der Waals surface area contributed by atoms with Gasteiger partial charge in [-0.25, -0.2) is 5.10 Å². The van der Waals surface area contributed by atoms with Crippen LogP contribution in [0.4, 0.5) is 14.5 Å². The third kappa shape index (κ3) is 4.71. The molecule has 0 radical (unpaired) electrons. The van der Waals surface area contributed by atoms with E-state index in [1.165, 1.54) is 16.8 Å². The summed E-state index contributed by atoms with van der Waals surface area (Å²) < 4.78 is 36.2. The van der Waals surface area contributed by atoms with E-state index < -0.39 is 6.61 Å². The van der Waals surface area contributed by atoms with Gasteiger partial charge >= 0.3 is 6.61 Å². The van der Waals surface area contributed by atoms with Gasteiger partial charge in [-0.1, -0.05) is 12.1 Å². The summed E-state index contributed by atoms with van der Waals surface area (Å²) in [6, 6.07) is 14.2. The molecule has 3 aromatic rings. The molecule has 2 aromatic carbocycles. The number of H-pyrrole nitrogens is 1. The van der Waals surface area contributed by atoms with E-state index in [0.717, 1.165) is 37.6 Å². The van der Waals surface area contributed by atoms with Crippen LogP contribution < -0.4 is 9.64 Å². The topological polar surface area (TPSA) is 67.7 Å². The number of nitrogens with zero attached hydrogens (tertiary/aromatic N) is 4. The fourth-order valence-corrected chi connectivity index (χ4v) is 3.27. The van der Waals surface area contributed by atoms with Gasteiger partial charge in [0.05, 0.1) is 19.4 Å². The fourth-order valence-electron chi connectivity index (χ4n) is 3.09. The van der Waals surface area contributed by atoms with Gasteiger partial charge < -0.3 is 14.4 Å². The van der Waals surface area contributed by atoms with E-state index in [1.54, 1.807) is 18.3 Å². The zero-order valence-electron chi connectivity index (χ0n) is 15.9. The summed E-state index contributed by atoms with van der Waals surface area (Å²) >= 11 is 5.27. The van der Waals surface area contributed by atoms with E-state index in [0.29, 0.717) is 16.2 Å². The summed E-state index contributed by atoms with van der Waals surface area (Å²) in [5.41, 5.74) is 2.70. The SMILES string of the molecule is FC(F)Oc1ccc(-c2n[nH]c(=S)n2/N=C/c2ccc(N3CCOCC3)cc2)cc1. The first-order valence-corrected chi connectivity index (χ1v) is 9.71. The van der Waals surface area contributed by atoms with Gasteiger partial charge in [0.1, 0.15) is 5.75 Å². The maximum Gasteiger partial charge on any atom is 0.387 e. The summed E-state index contributed by atoms with van der Waals surface area (Å²) in [4.78, 5) is 2.27. The number of anilines is 1. The second-order valence-electron chi connectivity index (χ2n) is 6.50. The van der Waals surface area contributed by atoms with Crippen LogP contribution in [0.25, 0.3) is 11.4 Å². The quantitative estimate of drug-likeness (QED) is 0.473. The number of halogens is 2. The molecular weight excluding hydrogens is 412 g/mol. The third-order valence-corrected chi connectivity index (χ3v) is 4.84. The van der Waals surface area contributed by atoms with Crippen molar-refractivity contribution in [3.8, 4) is 17.1 Å². The first-order valence-electron chi connectivity index (χ1n) is 9.30. The van der Waals surface area contributed by atoms with Gasteiger partial charge in [-0.2, -0.15) is 23.7 Å². The molecule has 1 aromatic heterocycles. The Bertz CT molecular complexity index is 1060. The fraction of sp³-hybridized carbons (Fsp3) is 0.250. The van der Waals surface area contributed by atoms with Crippen molar-refractivity contribution in [2.75, 3.05) is 31.2 Å². The van der Waals surface area contributed by atoms with E-state index in [4.69, 9.17) is 17.0 Å². The van der Waals surface area contributed by atoms with Crippen LogP contribution in [0.1, 0.15) is 5.56 Å². The zero-order valence-corrected chi connectivity index (χ0v) is 16.7. The van der Waals surface area contributed by atoms with Gasteiger partial charge in [-0.15, -0.1) is 0 Å². The number of morpholine rings is 1. The van der Waals surface area contributed by atoms with Crippen LogP contribution in [0.3, 0.4) is 0 Å². The number of hydrogen-bond donors (Lipinski definition) is 1. The van der Waals surface area contributed by atoms with Gasteiger partial charge in [0.2, 0.25) is 4.77 Å². The predicted octanol–water partition coefficient (Wildman–Crippen LogP) is 3.93. The summed E-state index contributed by atoms with van der Waals surface area (Å²) in [6.45, 7) is 0.356. The molecule has 10 heteroatoms. The van der Waals surface area contributed by atoms with Crippen molar-refractivity contribution in [3.63, 3.8) is 0 Å². The van der Waals surface area contributed by atoms with Crippen molar-refractivity contribution in [2.24, 2.45) is 5.10 Å². The summed E-state index contributed by atoms with van der Waals surface area (Å²) in [7, 11) is 0. The monoisotopic (exact) mass is 431 g/mol. The second-order valence-corrected chi connectivity index (χ2v) is 6.89. The van der Waals surface area contributed by atoms with Gasteiger partial charge in [0, 0.05) is 24.3 Å². The average Bonchev–Trinajstić information content (AvgIpc) is 3.14. The molecule has 7 nitrogen and oxygen atoms in total. The molecule has 30 heavy (non-hydrogen) atoms. The van der Waals surface area contributed by atoms with Crippen LogP contribution in [-0.4, -0.2) is 54.0 Å². The molecule has 0 atom stereocenters. The Kier molecular flexibility index (Phi) is 6.15. The molecule has 0 aliphatic carbocycles. The van der Waals surface area contributed by atoms with Crippen LogP contribution >= 0.6 is 12.2 Å². The molecule has 1 fully saturated rings. The second kappa shape index (κ2) is 9.14. The maximum absolute atomic E-state index is 12.3. The summed E-state index contributed by atoms with van der Waals surface area (Å²) in [6.07, 6.45) is 1.69. The van der Waals surface area contributed by atoms with Crippen LogP contribution in [0.5, 0.6) is 5.75 Å². The van der Waals surface area contributed by atoms with E-state index in [2.05, 4.69) is 24.9 Å². The Labute approximate surface area is 176 Å². The van der Waals surface area contributed by atoms with E-state index >= 15 is 0 Å². The lowest BCUT2D eigenvalue weighted by atomic mass is 10.2. The standard InChI is InChI=1S/C20H19F2N5O2S/c21-19(22)29-17-7-3-15(4-8-17)18-24-25-20(30)27(18)23-13-14-1-5-16(6-2-14)26-9-11-28-12-10-26/h1-8,13,19H,9-12H2,(H,25,30)/b23-13+. The molecule has 0 spiro atoms. The van der Waals surface area contributed by atoms with Crippen molar-refractivity contribution in [2.45, 2.75) is 6.61 Å². The molecule has 0 unspecified atom stereocenters. The normalized spacial score (nSPS) is 14.6. The number of nitrogens with one attached hydrogen (secondary N) is 1. The molecule has 1 aliphatic heterocycles. The number of alkyl halides is 2. The summed E-state index contributed by atoms with van der Waals surface area (Å²) in [5.74, 6) is 0.531. The third-order valence-electron chi connectivity index (χ3n) is 4.58. The maximum atomic E-state index is 12.3. The Morgan fingerprint density at radius 2 is 1.80 bits per heavy atom. The molecule has 1 saturated heterocycles. The lowest BCUT2D eigenvalue weighted by Gasteiger charge is -2.28. The van der Waals surface area contributed by atoms with E-state index in [-0.39, 0.29) is 5.75 Å². The number of aromatic amines is 1. The van der Waals surface area contributed by atoms with Gasteiger partial charge in [0.15, 0.2) is 5.82 Å². The Hall–Kier alpha value is -3.11. The highest BCUT2D eigenvalue weighted by atomic mass is 32.1. The van der Waals surface area contributed by atoms with Crippen molar-refractivity contribution in [1.29, 1.82) is 0 Å². The molecule has 1 N–H and O–H groups in total.